The number of aromatic nitrogens is 2. The van der Waals surface area contributed by atoms with Gasteiger partial charge in [0.25, 0.3) is 11.8 Å². The van der Waals surface area contributed by atoms with E-state index in [1.807, 2.05) is 41.5 Å². The molecule has 3 rings (SSSR count). The Morgan fingerprint density at radius 1 is 1.14 bits per heavy atom. The first kappa shape index (κ1) is 21.1. The number of nitrogens with zero attached hydrogens (tertiary/aromatic N) is 3. The van der Waals surface area contributed by atoms with Crippen molar-refractivity contribution < 1.29 is 9.59 Å². The second kappa shape index (κ2) is 9.25. The van der Waals surface area contributed by atoms with E-state index in [0.717, 1.165) is 61.2 Å². The number of benzene rings is 1. The Hall–Kier alpha value is -2.63. The predicted molar refractivity (Wildman–Crippen MR) is 116 cm³/mol. The second-order valence-electron chi connectivity index (χ2n) is 7.83. The van der Waals surface area contributed by atoms with Crippen molar-refractivity contribution in [1.29, 1.82) is 0 Å². The van der Waals surface area contributed by atoms with E-state index in [1.165, 1.54) is 0 Å². The monoisotopic (exact) mass is 396 g/mol. The van der Waals surface area contributed by atoms with Crippen LogP contribution in [0.2, 0.25) is 0 Å². The molecule has 1 aliphatic rings. The third-order valence-corrected chi connectivity index (χ3v) is 5.65. The first-order chi connectivity index (χ1) is 14.0. The average molecular weight is 397 g/mol. The van der Waals surface area contributed by atoms with Gasteiger partial charge in [-0.25, -0.2) is 4.98 Å². The Morgan fingerprint density at radius 3 is 2.55 bits per heavy atom. The van der Waals surface area contributed by atoms with E-state index >= 15 is 0 Å². The van der Waals surface area contributed by atoms with Gasteiger partial charge in [0.05, 0.1) is 5.69 Å². The highest BCUT2D eigenvalue weighted by atomic mass is 16.2. The van der Waals surface area contributed by atoms with Crippen molar-refractivity contribution in [3.8, 4) is 0 Å². The van der Waals surface area contributed by atoms with Gasteiger partial charge in [-0.3, -0.25) is 9.59 Å². The number of hydrogen-bond donors (Lipinski definition) is 1. The van der Waals surface area contributed by atoms with Crippen LogP contribution in [-0.4, -0.2) is 39.4 Å². The van der Waals surface area contributed by atoms with Gasteiger partial charge in [0.1, 0.15) is 0 Å². The minimum absolute atomic E-state index is 0.0670. The predicted octanol–water partition coefficient (Wildman–Crippen LogP) is 4.35. The van der Waals surface area contributed by atoms with Crippen molar-refractivity contribution in [2.24, 2.45) is 0 Å². The molecule has 0 saturated carbocycles. The molecule has 2 heterocycles. The molecule has 1 aromatic heterocycles. The molecule has 2 aromatic rings. The van der Waals surface area contributed by atoms with Gasteiger partial charge < -0.3 is 14.8 Å². The average Bonchev–Trinajstić information content (AvgIpc) is 3.10. The van der Waals surface area contributed by atoms with E-state index in [-0.39, 0.29) is 11.8 Å². The van der Waals surface area contributed by atoms with E-state index < -0.39 is 0 Å². The van der Waals surface area contributed by atoms with Gasteiger partial charge in [-0.2, -0.15) is 0 Å². The maximum absolute atomic E-state index is 13.2. The molecule has 29 heavy (non-hydrogen) atoms. The van der Waals surface area contributed by atoms with Gasteiger partial charge in [-0.05, 0) is 63.1 Å². The molecule has 0 saturated heterocycles. The van der Waals surface area contributed by atoms with E-state index in [2.05, 4.69) is 24.1 Å². The third-order valence-electron chi connectivity index (χ3n) is 5.65. The lowest BCUT2D eigenvalue weighted by Crippen LogP contribution is -2.35. The Balaban J connectivity index is 1.94. The molecule has 0 fully saturated rings. The highest BCUT2D eigenvalue weighted by Gasteiger charge is 2.29. The van der Waals surface area contributed by atoms with Crippen molar-refractivity contribution in [1.82, 2.24) is 14.5 Å². The van der Waals surface area contributed by atoms with Crippen molar-refractivity contribution in [2.75, 3.05) is 18.4 Å². The molecule has 1 N–H and O–H groups in total. The maximum atomic E-state index is 13.2. The fourth-order valence-electron chi connectivity index (χ4n) is 3.95. The van der Waals surface area contributed by atoms with Crippen LogP contribution in [0.15, 0.2) is 18.2 Å². The molecular formula is C23H32N4O2. The van der Waals surface area contributed by atoms with Gasteiger partial charge in [0.2, 0.25) is 0 Å². The Morgan fingerprint density at radius 2 is 1.86 bits per heavy atom. The SMILES string of the molecule is CCCN(CCC)C(=O)c1nc(C(=O)Nc2cccc(C)c2C)c2n1CCCC2. The minimum Gasteiger partial charge on any atom is -0.336 e. The van der Waals surface area contributed by atoms with Crippen LogP contribution < -0.4 is 5.32 Å². The van der Waals surface area contributed by atoms with Crippen LogP contribution in [0.1, 0.15) is 77.5 Å². The summed E-state index contributed by atoms with van der Waals surface area (Å²) in [5.74, 6) is 0.108. The van der Waals surface area contributed by atoms with Crippen LogP contribution in [0, 0.1) is 13.8 Å². The topological polar surface area (TPSA) is 67.2 Å². The summed E-state index contributed by atoms with van der Waals surface area (Å²) in [5, 5.41) is 3.01. The first-order valence-corrected chi connectivity index (χ1v) is 10.7. The van der Waals surface area contributed by atoms with Crippen molar-refractivity contribution in [3.63, 3.8) is 0 Å². The molecule has 0 atom stereocenters. The van der Waals surface area contributed by atoms with Crippen LogP contribution in [0.5, 0.6) is 0 Å². The Labute approximate surface area is 173 Å². The number of nitrogens with one attached hydrogen (secondary N) is 1. The molecule has 6 heteroatoms. The van der Waals surface area contributed by atoms with E-state index in [9.17, 15) is 9.59 Å². The lowest BCUT2D eigenvalue weighted by Gasteiger charge is -2.23. The molecule has 0 bridgehead atoms. The Bertz CT molecular complexity index is 895. The number of amides is 2. The summed E-state index contributed by atoms with van der Waals surface area (Å²) in [7, 11) is 0. The molecule has 2 amide bonds. The molecular weight excluding hydrogens is 364 g/mol. The van der Waals surface area contributed by atoms with Crippen molar-refractivity contribution >= 4 is 17.5 Å². The summed E-state index contributed by atoms with van der Waals surface area (Å²) in [6.45, 7) is 10.3. The third kappa shape index (κ3) is 4.36. The van der Waals surface area contributed by atoms with Crippen LogP contribution in [0.25, 0.3) is 0 Å². The quantitative estimate of drug-likeness (QED) is 0.756. The highest BCUT2D eigenvalue weighted by molar-refractivity contribution is 6.05. The van der Waals surface area contributed by atoms with Gasteiger partial charge in [-0.15, -0.1) is 0 Å². The molecule has 6 nitrogen and oxygen atoms in total. The smallest absolute Gasteiger partial charge is 0.289 e. The normalized spacial score (nSPS) is 13.1. The maximum Gasteiger partial charge on any atom is 0.289 e. The number of aryl methyl sites for hydroxylation is 1. The van der Waals surface area contributed by atoms with Gasteiger partial charge in [-0.1, -0.05) is 26.0 Å². The summed E-state index contributed by atoms with van der Waals surface area (Å²) in [6, 6.07) is 5.86. The summed E-state index contributed by atoms with van der Waals surface area (Å²) in [6.07, 6.45) is 4.59. The van der Waals surface area contributed by atoms with Crippen LogP contribution in [-0.2, 0) is 13.0 Å². The Kier molecular flexibility index (Phi) is 6.72. The van der Waals surface area contributed by atoms with Gasteiger partial charge in [0.15, 0.2) is 11.5 Å². The van der Waals surface area contributed by atoms with Crippen molar-refractivity contribution in [3.05, 3.63) is 46.5 Å². The molecule has 156 valence electrons. The number of imidazole rings is 1. The summed E-state index contributed by atoms with van der Waals surface area (Å²) in [4.78, 5) is 32.7. The zero-order valence-corrected chi connectivity index (χ0v) is 18.0. The summed E-state index contributed by atoms with van der Waals surface area (Å²) in [5.41, 5.74) is 4.24. The summed E-state index contributed by atoms with van der Waals surface area (Å²) >= 11 is 0. The fraction of sp³-hybridized carbons (Fsp3) is 0.522. The summed E-state index contributed by atoms with van der Waals surface area (Å²) < 4.78 is 1.97. The lowest BCUT2D eigenvalue weighted by molar-refractivity contribution is 0.0737. The van der Waals surface area contributed by atoms with Crippen LogP contribution in [0.3, 0.4) is 0 Å². The van der Waals surface area contributed by atoms with Gasteiger partial charge >= 0.3 is 0 Å². The van der Waals surface area contributed by atoms with Gasteiger partial charge in [0, 0.05) is 25.3 Å². The number of anilines is 1. The number of carbonyl (C=O) groups excluding carboxylic acids is 2. The van der Waals surface area contributed by atoms with E-state index in [1.54, 1.807) is 0 Å². The zero-order valence-electron chi connectivity index (χ0n) is 18.0. The van der Waals surface area contributed by atoms with Crippen LogP contribution in [0.4, 0.5) is 5.69 Å². The molecule has 1 aliphatic heterocycles. The highest BCUT2D eigenvalue weighted by Crippen LogP contribution is 2.24. The molecule has 1 aromatic carbocycles. The minimum atomic E-state index is -0.235. The first-order valence-electron chi connectivity index (χ1n) is 10.7. The largest absolute Gasteiger partial charge is 0.336 e. The molecule has 0 radical (unpaired) electrons. The zero-order chi connectivity index (χ0) is 21.0. The molecule has 0 unspecified atom stereocenters. The number of rotatable bonds is 7. The number of hydrogen-bond acceptors (Lipinski definition) is 3. The second-order valence-corrected chi connectivity index (χ2v) is 7.83. The van der Waals surface area contributed by atoms with Crippen molar-refractivity contribution in [2.45, 2.75) is 66.3 Å². The fourth-order valence-corrected chi connectivity index (χ4v) is 3.95. The van der Waals surface area contributed by atoms with E-state index in [4.69, 9.17) is 0 Å². The molecule has 0 aliphatic carbocycles. The number of fused-ring (bicyclic) bond motifs is 1. The van der Waals surface area contributed by atoms with Crippen LogP contribution >= 0.6 is 0 Å². The van der Waals surface area contributed by atoms with E-state index in [0.29, 0.717) is 24.6 Å². The molecule has 0 spiro atoms. The lowest BCUT2D eigenvalue weighted by atomic mass is 10.1. The standard InChI is InChI=1S/C23H32N4O2/c1-5-13-26(14-6-2)23(29)21-25-20(19-12-7-8-15-27(19)21)22(28)24-18-11-9-10-16(3)17(18)4/h9-11H,5-8,12-15H2,1-4H3,(H,24,28). The number of carbonyl (C=O) groups is 2.